The molecular formula is C27H31N9O2. The van der Waals surface area contributed by atoms with Crippen molar-refractivity contribution in [2.24, 2.45) is 0 Å². The second-order valence-corrected chi connectivity index (χ2v) is 9.67. The first kappa shape index (κ1) is 24.1. The maximum absolute atomic E-state index is 12.7. The Morgan fingerprint density at radius 3 is 2.66 bits per heavy atom. The predicted molar refractivity (Wildman–Crippen MR) is 144 cm³/mol. The highest BCUT2D eigenvalue weighted by atomic mass is 16.5. The van der Waals surface area contributed by atoms with Gasteiger partial charge in [-0.1, -0.05) is 6.07 Å². The maximum atomic E-state index is 12.7. The van der Waals surface area contributed by atoms with E-state index in [9.17, 15) is 4.79 Å². The number of nitrogens with zero attached hydrogens (tertiary/aromatic N) is 7. The zero-order valence-electron chi connectivity index (χ0n) is 21.4. The Kier molecular flexibility index (Phi) is 6.74. The molecule has 11 heteroatoms. The van der Waals surface area contributed by atoms with Crippen LogP contribution in [0.15, 0.2) is 49.1 Å². The molecular weight excluding hydrogens is 482 g/mol. The number of likely N-dealkylation sites (tertiary alicyclic amines) is 1. The van der Waals surface area contributed by atoms with Gasteiger partial charge >= 0.3 is 6.03 Å². The zero-order chi connectivity index (χ0) is 25.9. The van der Waals surface area contributed by atoms with Gasteiger partial charge in [0.25, 0.3) is 0 Å². The number of hydrogen-bond donors (Lipinski definition) is 2. The number of carbonyl (C=O) groups is 1. The molecule has 3 aromatic heterocycles. The SMILES string of the molecule is COc1cncnc1-c1ccc2nc(Nc3cc(CN4CCN(C(=O)N5CCCC5)CC4)ccn3)[nH]c2c1. The van der Waals surface area contributed by atoms with Gasteiger partial charge in [0.2, 0.25) is 5.95 Å². The number of H-pyrrole nitrogens is 1. The molecule has 0 radical (unpaired) electrons. The molecule has 1 aromatic carbocycles. The van der Waals surface area contributed by atoms with E-state index in [1.165, 1.54) is 6.33 Å². The fraction of sp³-hybridized carbons (Fsp3) is 0.370. The van der Waals surface area contributed by atoms with Crippen molar-refractivity contribution >= 4 is 28.8 Å². The van der Waals surface area contributed by atoms with Crippen LogP contribution < -0.4 is 10.1 Å². The quantitative estimate of drug-likeness (QED) is 0.403. The number of benzene rings is 1. The van der Waals surface area contributed by atoms with Crippen molar-refractivity contribution < 1.29 is 9.53 Å². The number of pyridine rings is 1. The smallest absolute Gasteiger partial charge is 0.320 e. The van der Waals surface area contributed by atoms with Crippen LogP contribution in [0.1, 0.15) is 18.4 Å². The number of methoxy groups -OCH3 is 1. The van der Waals surface area contributed by atoms with E-state index in [0.717, 1.165) is 92.3 Å². The van der Waals surface area contributed by atoms with Gasteiger partial charge < -0.3 is 24.8 Å². The molecule has 4 aromatic rings. The van der Waals surface area contributed by atoms with Crippen LogP contribution in [0.25, 0.3) is 22.3 Å². The summed E-state index contributed by atoms with van der Waals surface area (Å²) in [5.74, 6) is 1.96. The summed E-state index contributed by atoms with van der Waals surface area (Å²) in [5.41, 5.74) is 4.51. The number of nitrogens with one attached hydrogen (secondary N) is 2. The van der Waals surface area contributed by atoms with Crippen LogP contribution in [0.3, 0.4) is 0 Å². The highest BCUT2D eigenvalue weighted by Gasteiger charge is 2.26. The van der Waals surface area contributed by atoms with Crippen LogP contribution in [-0.2, 0) is 6.54 Å². The number of ether oxygens (including phenoxy) is 1. The van der Waals surface area contributed by atoms with Gasteiger partial charge in [-0.25, -0.2) is 24.7 Å². The Labute approximate surface area is 220 Å². The lowest BCUT2D eigenvalue weighted by Gasteiger charge is -2.36. The largest absolute Gasteiger partial charge is 0.493 e. The van der Waals surface area contributed by atoms with Gasteiger partial charge in [0.05, 0.1) is 24.3 Å². The van der Waals surface area contributed by atoms with E-state index in [1.807, 2.05) is 46.3 Å². The summed E-state index contributed by atoms with van der Waals surface area (Å²) in [4.78, 5) is 39.9. The van der Waals surface area contributed by atoms with Gasteiger partial charge in [0.15, 0.2) is 5.75 Å². The van der Waals surface area contributed by atoms with E-state index in [-0.39, 0.29) is 6.03 Å². The van der Waals surface area contributed by atoms with Gasteiger partial charge in [-0.15, -0.1) is 0 Å². The van der Waals surface area contributed by atoms with E-state index in [1.54, 1.807) is 13.3 Å². The summed E-state index contributed by atoms with van der Waals surface area (Å²) < 4.78 is 5.40. The standard InChI is InChI=1S/C27H31N9O2/c1-38-23-16-28-18-30-25(23)20-4-5-21-22(15-20)32-26(31-21)33-24-14-19(6-7-29-24)17-34-10-12-36(13-11-34)27(37)35-8-2-3-9-35/h4-7,14-16,18H,2-3,8-13,17H2,1H3,(H2,29,31,32,33). The fourth-order valence-electron chi connectivity index (χ4n) is 5.13. The highest BCUT2D eigenvalue weighted by molar-refractivity contribution is 5.84. The number of anilines is 2. The fourth-order valence-corrected chi connectivity index (χ4v) is 5.13. The number of fused-ring (bicyclic) bond motifs is 1. The molecule has 196 valence electrons. The number of amides is 2. The number of imidazole rings is 1. The molecule has 0 atom stereocenters. The Balaban J connectivity index is 1.09. The second-order valence-electron chi connectivity index (χ2n) is 9.67. The molecule has 0 saturated carbocycles. The van der Waals surface area contributed by atoms with Crippen LogP contribution in [0.4, 0.5) is 16.6 Å². The van der Waals surface area contributed by atoms with E-state index < -0.39 is 0 Å². The van der Waals surface area contributed by atoms with Crippen LogP contribution in [-0.4, -0.2) is 92.0 Å². The number of carbonyl (C=O) groups excluding carboxylic acids is 1. The summed E-state index contributed by atoms with van der Waals surface area (Å²) in [6.07, 6.45) is 7.22. The van der Waals surface area contributed by atoms with Crippen LogP contribution >= 0.6 is 0 Å². The molecule has 5 heterocycles. The zero-order valence-corrected chi connectivity index (χ0v) is 21.4. The van der Waals surface area contributed by atoms with Crippen molar-refractivity contribution in [3.63, 3.8) is 0 Å². The minimum atomic E-state index is 0.201. The molecule has 2 amide bonds. The highest BCUT2D eigenvalue weighted by Crippen LogP contribution is 2.29. The molecule has 2 saturated heterocycles. The van der Waals surface area contributed by atoms with Crippen LogP contribution in [0, 0.1) is 0 Å². The lowest BCUT2D eigenvalue weighted by Crippen LogP contribution is -2.52. The predicted octanol–water partition coefficient (Wildman–Crippen LogP) is 3.50. The number of aromatic nitrogens is 5. The van der Waals surface area contributed by atoms with Gasteiger partial charge in [-0.3, -0.25) is 4.90 Å². The summed E-state index contributed by atoms with van der Waals surface area (Å²) >= 11 is 0. The van der Waals surface area contributed by atoms with Crippen molar-refractivity contribution in [3.05, 3.63) is 54.6 Å². The van der Waals surface area contributed by atoms with Gasteiger partial charge in [-0.2, -0.15) is 0 Å². The van der Waals surface area contributed by atoms with Crippen molar-refractivity contribution in [3.8, 4) is 17.0 Å². The Bertz CT molecular complexity index is 1430. The molecule has 2 aliphatic rings. The molecule has 0 aliphatic carbocycles. The molecule has 11 nitrogen and oxygen atoms in total. The third kappa shape index (κ3) is 5.10. The number of urea groups is 1. The Morgan fingerprint density at radius 2 is 1.84 bits per heavy atom. The summed E-state index contributed by atoms with van der Waals surface area (Å²) in [7, 11) is 1.61. The second kappa shape index (κ2) is 10.6. The molecule has 2 fully saturated rings. The van der Waals surface area contributed by atoms with Crippen molar-refractivity contribution in [1.82, 2.24) is 39.6 Å². The average Bonchev–Trinajstić information content (AvgIpc) is 3.63. The lowest BCUT2D eigenvalue weighted by atomic mass is 10.1. The number of aromatic amines is 1. The first-order valence-electron chi connectivity index (χ1n) is 13.0. The lowest BCUT2D eigenvalue weighted by molar-refractivity contribution is 0.115. The topological polar surface area (TPSA) is 115 Å². The van der Waals surface area contributed by atoms with E-state index in [4.69, 9.17) is 4.74 Å². The van der Waals surface area contributed by atoms with Gasteiger partial charge in [-0.05, 0) is 42.7 Å². The first-order valence-corrected chi connectivity index (χ1v) is 13.0. The van der Waals surface area contributed by atoms with E-state index in [2.05, 4.69) is 35.1 Å². The summed E-state index contributed by atoms with van der Waals surface area (Å²) in [5, 5.41) is 3.30. The summed E-state index contributed by atoms with van der Waals surface area (Å²) in [6, 6.07) is 10.2. The number of piperazine rings is 1. The first-order chi connectivity index (χ1) is 18.7. The minimum Gasteiger partial charge on any atom is -0.493 e. The third-order valence-corrected chi connectivity index (χ3v) is 7.15. The monoisotopic (exact) mass is 513 g/mol. The average molecular weight is 514 g/mol. The Hall–Kier alpha value is -4.25. The molecule has 0 bridgehead atoms. The molecule has 38 heavy (non-hydrogen) atoms. The van der Waals surface area contributed by atoms with Crippen molar-refractivity contribution in [2.45, 2.75) is 19.4 Å². The minimum absolute atomic E-state index is 0.201. The summed E-state index contributed by atoms with van der Waals surface area (Å²) in [6.45, 7) is 5.89. The van der Waals surface area contributed by atoms with E-state index in [0.29, 0.717) is 11.7 Å². The number of rotatable bonds is 6. The normalized spacial score (nSPS) is 16.2. The van der Waals surface area contributed by atoms with Crippen LogP contribution in [0.5, 0.6) is 5.75 Å². The van der Waals surface area contributed by atoms with Crippen LogP contribution in [0.2, 0.25) is 0 Å². The molecule has 2 aliphatic heterocycles. The molecule has 6 rings (SSSR count). The van der Waals surface area contributed by atoms with Gasteiger partial charge in [0.1, 0.15) is 17.8 Å². The molecule has 0 spiro atoms. The van der Waals surface area contributed by atoms with Crippen molar-refractivity contribution in [2.75, 3.05) is 51.7 Å². The Morgan fingerprint density at radius 1 is 1.03 bits per heavy atom. The molecule has 0 unspecified atom stereocenters. The van der Waals surface area contributed by atoms with E-state index >= 15 is 0 Å². The molecule has 2 N–H and O–H groups in total. The number of hydrogen-bond acceptors (Lipinski definition) is 8. The maximum Gasteiger partial charge on any atom is 0.320 e. The van der Waals surface area contributed by atoms with Gasteiger partial charge in [0, 0.05) is 57.6 Å². The third-order valence-electron chi connectivity index (χ3n) is 7.15. The van der Waals surface area contributed by atoms with Crippen molar-refractivity contribution in [1.29, 1.82) is 0 Å².